The van der Waals surface area contributed by atoms with Crippen molar-refractivity contribution in [1.82, 2.24) is 0 Å². The van der Waals surface area contributed by atoms with E-state index in [1.165, 1.54) is 35.7 Å². The number of nitrogens with zero attached hydrogens (tertiary/aromatic N) is 1. The lowest BCUT2D eigenvalue weighted by molar-refractivity contribution is 0.627. The second kappa shape index (κ2) is 6.33. The van der Waals surface area contributed by atoms with Crippen molar-refractivity contribution in [1.29, 1.82) is 5.26 Å². The summed E-state index contributed by atoms with van der Waals surface area (Å²) >= 11 is 6.30. The van der Waals surface area contributed by atoms with Crippen molar-refractivity contribution >= 4 is 45.0 Å². The fraction of sp³-hybridized carbons (Fsp3) is 0.182. The maximum absolute atomic E-state index is 12.9. The molecule has 0 heterocycles. The van der Waals surface area contributed by atoms with Gasteiger partial charge in [-0.3, -0.25) is 0 Å². The molecule has 0 aliphatic carbocycles. The first kappa shape index (κ1) is 13.6. The molecule has 0 aliphatic rings. The number of rotatable bonds is 3. The topological polar surface area (TPSA) is 23.8 Å². The van der Waals surface area contributed by atoms with E-state index in [4.69, 9.17) is 5.26 Å². The van der Waals surface area contributed by atoms with E-state index >= 15 is 0 Å². The summed E-state index contributed by atoms with van der Waals surface area (Å²) < 4.78 is 14.5. The minimum Gasteiger partial charge on any atom is -0.207 e. The molecule has 0 saturated carbocycles. The highest BCUT2D eigenvalue weighted by Gasteiger charge is 2.11. The highest BCUT2D eigenvalue weighted by atomic mass is 79.9. The quantitative estimate of drug-likeness (QED) is 0.766. The largest absolute Gasteiger partial charge is 0.207 e. The van der Waals surface area contributed by atoms with Gasteiger partial charge in [0.2, 0.25) is 0 Å². The minimum absolute atomic E-state index is 0.317. The number of nitriles is 1. The van der Waals surface area contributed by atoms with Gasteiger partial charge in [0, 0.05) is 10.0 Å². The standard InChI is InChI=1S/C11H9BrFNS2/c1-15-11(16-2)9(6-14)8-4-3-7(13)5-10(8)12/h3-5H,1-2H3. The first-order valence-electron chi connectivity index (χ1n) is 4.31. The molecule has 0 spiro atoms. The Kier molecular flexibility index (Phi) is 5.39. The Hall–Kier alpha value is -0.440. The van der Waals surface area contributed by atoms with E-state index in [-0.39, 0.29) is 5.82 Å². The van der Waals surface area contributed by atoms with Crippen molar-refractivity contribution in [2.45, 2.75) is 0 Å². The number of hydrogen-bond acceptors (Lipinski definition) is 3. The summed E-state index contributed by atoms with van der Waals surface area (Å²) in [5, 5.41) is 9.16. The third-order valence-corrected chi connectivity index (χ3v) is 4.69. The highest BCUT2D eigenvalue weighted by Crippen LogP contribution is 2.35. The average molecular weight is 318 g/mol. The van der Waals surface area contributed by atoms with Gasteiger partial charge in [-0.05, 0) is 30.7 Å². The zero-order valence-corrected chi connectivity index (χ0v) is 12.0. The molecular formula is C11H9BrFNS2. The summed E-state index contributed by atoms with van der Waals surface area (Å²) in [6, 6.07) is 6.50. The van der Waals surface area contributed by atoms with Crippen molar-refractivity contribution in [2.75, 3.05) is 12.5 Å². The van der Waals surface area contributed by atoms with Crippen LogP contribution in [-0.4, -0.2) is 12.5 Å². The molecule has 1 aromatic carbocycles. The van der Waals surface area contributed by atoms with E-state index in [1.54, 1.807) is 6.07 Å². The molecule has 5 heteroatoms. The Balaban J connectivity index is 3.36. The third kappa shape index (κ3) is 3.03. The van der Waals surface area contributed by atoms with Crippen LogP contribution in [0.4, 0.5) is 4.39 Å². The normalized spacial score (nSPS) is 9.69. The van der Waals surface area contributed by atoms with Crippen LogP contribution in [0.15, 0.2) is 26.9 Å². The summed E-state index contributed by atoms with van der Waals surface area (Å²) in [6.45, 7) is 0. The zero-order valence-electron chi connectivity index (χ0n) is 8.75. The van der Waals surface area contributed by atoms with Gasteiger partial charge in [-0.25, -0.2) is 4.39 Å². The Labute approximate surface area is 111 Å². The van der Waals surface area contributed by atoms with Crippen LogP contribution in [0.1, 0.15) is 5.56 Å². The van der Waals surface area contributed by atoms with Crippen molar-refractivity contribution in [3.05, 3.63) is 38.3 Å². The van der Waals surface area contributed by atoms with E-state index in [0.717, 1.165) is 9.80 Å². The Morgan fingerprint density at radius 2 is 2.00 bits per heavy atom. The number of benzene rings is 1. The lowest BCUT2D eigenvalue weighted by Gasteiger charge is -2.07. The van der Waals surface area contributed by atoms with Gasteiger partial charge in [0.05, 0.1) is 9.81 Å². The monoisotopic (exact) mass is 317 g/mol. The van der Waals surface area contributed by atoms with E-state index < -0.39 is 0 Å². The van der Waals surface area contributed by atoms with Crippen LogP contribution in [0.3, 0.4) is 0 Å². The zero-order chi connectivity index (χ0) is 12.1. The molecular weight excluding hydrogens is 309 g/mol. The smallest absolute Gasteiger partial charge is 0.124 e. The molecule has 0 radical (unpaired) electrons. The van der Waals surface area contributed by atoms with Crippen LogP contribution >= 0.6 is 39.5 Å². The van der Waals surface area contributed by atoms with Crippen molar-refractivity contribution in [3.8, 4) is 6.07 Å². The van der Waals surface area contributed by atoms with Crippen LogP contribution in [0, 0.1) is 17.1 Å². The SMILES string of the molecule is CSC(SC)=C(C#N)c1ccc(F)cc1Br. The van der Waals surface area contributed by atoms with Gasteiger partial charge < -0.3 is 0 Å². The Morgan fingerprint density at radius 1 is 1.38 bits per heavy atom. The van der Waals surface area contributed by atoms with E-state index in [9.17, 15) is 4.39 Å². The predicted octanol–water partition coefficient (Wildman–Crippen LogP) is 4.51. The van der Waals surface area contributed by atoms with Crippen molar-refractivity contribution in [3.63, 3.8) is 0 Å². The molecule has 0 N–H and O–H groups in total. The van der Waals surface area contributed by atoms with Crippen molar-refractivity contribution in [2.24, 2.45) is 0 Å². The first-order valence-corrected chi connectivity index (χ1v) is 7.56. The van der Waals surface area contributed by atoms with Gasteiger partial charge in [-0.15, -0.1) is 23.5 Å². The van der Waals surface area contributed by atoms with Gasteiger partial charge >= 0.3 is 0 Å². The number of halogens is 2. The summed E-state index contributed by atoms with van der Waals surface area (Å²) in [5.41, 5.74) is 1.30. The molecule has 0 saturated heterocycles. The number of allylic oxidation sites excluding steroid dienone is 1. The lowest BCUT2D eigenvalue weighted by Crippen LogP contribution is -1.88. The van der Waals surface area contributed by atoms with Gasteiger partial charge in [-0.2, -0.15) is 5.26 Å². The third-order valence-electron chi connectivity index (χ3n) is 1.89. The van der Waals surface area contributed by atoms with E-state index in [2.05, 4.69) is 22.0 Å². The molecule has 84 valence electrons. The molecule has 0 unspecified atom stereocenters. The van der Waals surface area contributed by atoms with Gasteiger partial charge in [0.25, 0.3) is 0 Å². The van der Waals surface area contributed by atoms with Crippen LogP contribution in [0.2, 0.25) is 0 Å². The molecule has 1 rings (SSSR count). The Morgan fingerprint density at radius 3 is 2.44 bits per heavy atom. The summed E-state index contributed by atoms with van der Waals surface area (Å²) in [7, 11) is 0. The minimum atomic E-state index is -0.317. The highest BCUT2D eigenvalue weighted by molar-refractivity contribution is 9.10. The summed E-state index contributed by atoms with van der Waals surface area (Å²) in [4.78, 5) is 0. The molecule has 1 nitrogen and oxygen atoms in total. The predicted molar refractivity (Wildman–Crippen MR) is 73.7 cm³/mol. The number of thioether (sulfide) groups is 2. The van der Waals surface area contributed by atoms with Gasteiger partial charge in [0.1, 0.15) is 11.9 Å². The second-order valence-electron chi connectivity index (χ2n) is 2.81. The average Bonchev–Trinajstić information content (AvgIpc) is 2.27. The molecule has 0 atom stereocenters. The maximum atomic E-state index is 12.9. The fourth-order valence-corrected chi connectivity index (χ4v) is 3.13. The van der Waals surface area contributed by atoms with Crippen molar-refractivity contribution < 1.29 is 4.39 Å². The molecule has 1 aromatic rings. The van der Waals surface area contributed by atoms with Gasteiger partial charge in [0.15, 0.2) is 0 Å². The van der Waals surface area contributed by atoms with Crippen LogP contribution < -0.4 is 0 Å². The fourth-order valence-electron chi connectivity index (χ4n) is 1.20. The molecule has 0 amide bonds. The second-order valence-corrected chi connectivity index (χ2v) is 5.55. The Bertz CT molecular complexity index is 460. The molecule has 0 bridgehead atoms. The molecule has 0 fully saturated rings. The summed E-state index contributed by atoms with van der Waals surface area (Å²) in [5.74, 6) is -0.317. The number of hydrogen-bond donors (Lipinski definition) is 0. The molecule has 16 heavy (non-hydrogen) atoms. The maximum Gasteiger partial charge on any atom is 0.124 e. The van der Waals surface area contributed by atoms with Gasteiger partial charge in [-0.1, -0.05) is 15.9 Å². The summed E-state index contributed by atoms with van der Waals surface area (Å²) in [6.07, 6.45) is 3.83. The van der Waals surface area contributed by atoms with Crippen LogP contribution in [-0.2, 0) is 0 Å². The van der Waals surface area contributed by atoms with Crippen LogP contribution in [0.5, 0.6) is 0 Å². The molecule has 0 aromatic heterocycles. The lowest BCUT2D eigenvalue weighted by atomic mass is 10.1. The molecule has 0 aliphatic heterocycles. The first-order chi connectivity index (χ1) is 7.63. The van der Waals surface area contributed by atoms with E-state index in [0.29, 0.717) is 10.0 Å². The van der Waals surface area contributed by atoms with E-state index in [1.807, 2.05) is 12.5 Å². The van der Waals surface area contributed by atoms with Crippen LogP contribution in [0.25, 0.3) is 5.57 Å².